The van der Waals surface area contributed by atoms with Crippen molar-refractivity contribution in [2.45, 2.75) is 57.6 Å². The number of nitrogens with zero attached hydrogens (tertiary/aromatic N) is 5. The van der Waals surface area contributed by atoms with E-state index < -0.39 is 39.8 Å². The Balaban J connectivity index is 1.41. The molecule has 0 N–H and O–H groups in total. The number of carbonyl (C=O) groups is 3. The Labute approximate surface area is 301 Å². The van der Waals surface area contributed by atoms with Gasteiger partial charge in [0.25, 0.3) is 15.9 Å². The number of ether oxygens (including phenoxy) is 2. The third-order valence-electron chi connectivity index (χ3n) is 7.54. The Hall–Kier alpha value is -4.33. The molecule has 1 fully saturated rings. The first kappa shape index (κ1) is 36.9. The average molecular weight is 745 g/mol. The molecule has 15 heteroatoms. The predicted molar refractivity (Wildman–Crippen MR) is 192 cm³/mol. The van der Waals surface area contributed by atoms with Crippen LogP contribution in [-0.2, 0) is 24.3 Å². The lowest BCUT2D eigenvalue weighted by molar-refractivity contribution is -0.152. The normalized spacial score (nSPS) is 14.1. The summed E-state index contributed by atoms with van der Waals surface area (Å²) >= 11 is 12.3. The average Bonchev–Trinajstić information content (AvgIpc) is 3.45. The largest absolute Gasteiger partial charge is 0.459 e. The summed E-state index contributed by atoms with van der Waals surface area (Å²) in [6.45, 7) is 11.3. The van der Waals surface area contributed by atoms with Gasteiger partial charge in [-0.25, -0.2) is 18.2 Å². The van der Waals surface area contributed by atoms with Crippen LogP contribution in [-0.4, -0.2) is 89.7 Å². The molecule has 0 spiro atoms. The molecule has 2 aromatic heterocycles. The molecule has 266 valence electrons. The number of piperazine rings is 1. The molecule has 0 atom stereocenters. The van der Waals surface area contributed by atoms with Crippen LogP contribution in [0.2, 0.25) is 10.0 Å². The van der Waals surface area contributed by atoms with Gasteiger partial charge in [0.05, 0.1) is 16.1 Å². The van der Waals surface area contributed by atoms with Gasteiger partial charge in [-0.2, -0.15) is 0 Å². The first-order chi connectivity index (χ1) is 23.3. The Morgan fingerprint density at radius 3 is 2.06 bits per heavy atom. The summed E-state index contributed by atoms with van der Waals surface area (Å²) in [7, 11) is -4.33. The van der Waals surface area contributed by atoms with Crippen molar-refractivity contribution in [3.05, 3.63) is 82.6 Å². The smallest absolute Gasteiger partial charge is 0.410 e. The van der Waals surface area contributed by atoms with Crippen LogP contribution < -0.4 is 4.31 Å². The summed E-state index contributed by atoms with van der Waals surface area (Å²) < 4.78 is 41.6. The molecule has 1 saturated heterocycles. The number of pyridine rings is 1. The highest BCUT2D eigenvalue weighted by Crippen LogP contribution is 2.31. The third kappa shape index (κ3) is 8.69. The highest BCUT2D eigenvalue weighted by atomic mass is 35.5. The highest BCUT2D eigenvalue weighted by molar-refractivity contribution is 7.92. The molecule has 50 heavy (non-hydrogen) atoms. The van der Waals surface area contributed by atoms with E-state index in [-0.39, 0.29) is 26.5 Å². The lowest BCUT2D eigenvalue weighted by atomic mass is 10.2. The van der Waals surface area contributed by atoms with Crippen LogP contribution in [0.15, 0.2) is 71.9 Å². The minimum Gasteiger partial charge on any atom is -0.459 e. The number of anilines is 1. The Morgan fingerprint density at radius 1 is 0.820 bits per heavy atom. The maximum Gasteiger partial charge on any atom is 0.410 e. The Bertz CT molecular complexity index is 2030. The second kappa shape index (κ2) is 14.1. The third-order valence-corrected chi connectivity index (χ3v) is 9.72. The lowest BCUT2D eigenvalue weighted by Crippen LogP contribution is -2.51. The quantitative estimate of drug-likeness (QED) is 0.195. The molecule has 0 radical (unpaired) electrons. The predicted octanol–water partition coefficient (Wildman–Crippen LogP) is 6.56. The van der Waals surface area contributed by atoms with Gasteiger partial charge in [-0.3, -0.25) is 13.9 Å². The fraction of sp³-hybridized carbons (Fsp3) is 0.371. The van der Waals surface area contributed by atoms with Gasteiger partial charge < -0.3 is 23.8 Å². The fourth-order valence-corrected chi connectivity index (χ4v) is 7.51. The van der Waals surface area contributed by atoms with Crippen molar-refractivity contribution in [1.29, 1.82) is 0 Å². The van der Waals surface area contributed by atoms with E-state index in [4.69, 9.17) is 32.7 Å². The molecule has 0 bridgehead atoms. The van der Waals surface area contributed by atoms with Crippen molar-refractivity contribution in [2.75, 3.05) is 37.0 Å². The summed E-state index contributed by atoms with van der Waals surface area (Å²) in [5, 5.41) is 0.891. The minimum absolute atomic E-state index is 0.122. The number of benzene rings is 2. The first-order valence-electron chi connectivity index (χ1n) is 15.9. The van der Waals surface area contributed by atoms with Crippen LogP contribution in [0.1, 0.15) is 51.9 Å². The molecule has 12 nitrogen and oxygen atoms in total. The summed E-state index contributed by atoms with van der Waals surface area (Å²) in [6.07, 6.45) is 2.90. The molecule has 2 amide bonds. The van der Waals surface area contributed by atoms with E-state index in [1.165, 1.54) is 18.2 Å². The van der Waals surface area contributed by atoms with Crippen LogP contribution in [0.4, 0.5) is 10.5 Å². The first-order valence-corrected chi connectivity index (χ1v) is 18.1. The monoisotopic (exact) mass is 743 g/mol. The summed E-state index contributed by atoms with van der Waals surface area (Å²) in [6, 6.07) is 14.0. The van der Waals surface area contributed by atoms with Gasteiger partial charge in [0, 0.05) is 59.6 Å². The van der Waals surface area contributed by atoms with Gasteiger partial charge in [0.2, 0.25) is 0 Å². The van der Waals surface area contributed by atoms with E-state index in [0.29, 0.717) is 48.5 Å². The van der Waals surface area contributed by atoms with Crippen LogP contribution in [0.5, 0.6) is 0 Å². The molecular weight excluding hydrogens is 705 g/mol. The number of sulfonamides is 1. The second-order valence-electron chi connectivity index (χ2n) is 13.8. The van der Waals surface area contributed by atoms with Crippen LogP contribution >= 0.6 is 23.2 Å². The van der Waals surface area contributed by atoms with Crippen molar-refractivity contribution in [1.82, 2.24) is 19.4 Å². The van der Waals surface area contributed by atoms with E-state index in [0.717, 1.165) is 4.31 Å². The zero-order chi connectivity index (χ0) is 36.6. The van der Waals surface area contributed by atoms with Gasteiger partial charge in [0.1, 0.15) is 23.6 Å². The fourth-order valence-electron chi connectivity index (χ4n) is 5.38. The molecule has 0 aliphatic carbocycles. The topological polar surface area (TPSA) is 131 Å². The van der Waals surface area contributed by atoms with Crippen LogP contribution in [0, 0.1) is 0 Å². The van der Waals surface area contributed by atoms with Gasteiger partial charge in [-0.1, -0.05) is 23.2 Å². The molecule has 3 heterocycles. The Morgan fingerprint density at radius 2 is 1.44 bits per heavy atom. The molecule has 5 rings (SSSR count). The maximum absolute atomic E-state index is 14.0. The van der Waals surface area contributed by atoms with Crippen molar-refractivity contribution < 1.29 is 32.3 Å². The maximum atomic E-state index is 14.0. The van der Waals surface area contributed by atoms with E-state index in [1.807, 2.05) is 20.8 Å². The number of halogens is 2. The number of hydrogen-bond acceptors (Lipinski definition) is 8. The number of amides is 2. The number of carbonyl (C=O) groups excluding carboxylic acids is 3. The van der Waals surface area contributed by atoms with Gasteiger partial charge in [-0.15, -0.1) is 0 Å². The minimum atomic E-state index is -4.33. The Kier molecular flexibility index (Phi) is 10.4. The standard InChI is InChI=1S/C35H39Cl2N5O7S/c1-34(2,3)48-31(43)22-42(50(46,47)28-20-25(36)19-26(37)21-28)27-7-8-29-23(17-27)10-12-41(29)30-18-24(9-11-38-30)32(44)39-13-15-40(16-14-39)33(45)49-35(4,5)6/h7-12,17-21H,13-16,22H2,1-6H3. The van der Waals surface area contributed by atoms with E-state index in [2.05, 4.69) is 4.98 Å². The molecule has 4 aromatic rings. The molecule has 0 saturated carbocycles. The van der Waals surface area contributed by atoms with Gasteiger partial charge in [0.15, 0.2) is 0 Å². The SMILES string of the molecule is CC(C)(C)OC(=O)CN(c1ccc2c(ccn2-c2cc(C(=O)N3CCN(C(=O)OC(C)(C)C)CC3)ccn2)c1)S(=O)(=O)c1cc(Cl)cc(Cl)c1. The van der Waals surface area contributed by atoms with E-state index >= 15 is 0 Å². The van der Waals surface area contributed by atoms with Gasteiger partial charge >= 0.3 is 12.1 Å². The molecular formula is C35H39Cl2N5O7S. The van der Waals surface area contributed by atoms with Crippen LogP contribution in [0.3, 0.4) is 0 Å². The summed E-state index contributed by atoms with van der Waals surface area (Å²) in [5.74, 6) is -0.470. The number of fused-ring (bicyclic) bond motifs is 1. The highest BCUT2D eigenvalue weighted by Gasteiger charge is 2.31. The van der Waals surface area contributed by atoms with Crippen molar-refractivity contribution in [2.24, 2.45) is 0 Å². The number of aromatic nitrogens is 2. The number of rotatable bonds is 7. The van der Waals surface area contributed by atoms with Crippen molar-refractivity contribution in [3.63, 3.8) is 0 Å². The molecule has 0 unspecified atom stereocenters. The molecule has 1 aliphatic heterocycles. The second-order valence-corrected chi connectivity index (χ2v) is 16.5. The summed E-state index contributed by atoms with van der Waals surface area (Å²) in [5.41, 5.74) is -0.138. The van der Waals surface area contributed by atoms with E-state index in [9.17, 15) is 22.8 Å². The van der Waals surface area contributed by atoms with E-state index in [1.54, 1.807) is 83.9 Å². The zero-order valence-electron chi connectivity index (χ0n) is 28.6. The molecule has 1 aliphatic rings. The van der Waals surface area contributed by atoms with Crippen molar-refractivity contribution >= 4 is 67.8 Å². The number of hydrogen-bond donors (Lipinski definition) is 0. The molecule has 2 aromatic carbocycles. The zero-order valence-corrected chi connectivity index (χ0v) is 31.0. The number of esters is 1. The van der Waals surface area contributed by atoms with Gasteiger partial charge in [-0.05, 0) is 96.1 Å². The van der Waals surface area contributed by atoms with Crippen molar-refractivity contribution in [3.8, 4) is 5.82 Å². The van der Waals surface area contributed by atoms with Crippen LogP contribution in [0.25, 0.3) is 16.7 Å². The lowest BCUT2D eigenvalue weighted by Gasteiger charge is -2.35. The summed E-state index contributed by atoms with van der Waals surface area (Å²) in [4.78, 5) is 46.5.